The summed E-state index contributed by atoms with van der Waals surface area (Å²) < 4.78 is 2.35. The quantitative estimate of drug-likeness (QED) is 0.436. The minimum Gasteiger partial charge on any atom is -0.356 e. The molecule has 2 aromatic rings. The van der Waals surface area contributed by atoms with Gasteiger partial charge in [-0.1, -0.05) is 6.07 Å². The lowest BCUT2D eigenvalue weighted by atomic mass is 10.2. The minimum absolute atomic E-state index is 0. The second kappa shape index (κ2) is 8.42. The molecule has 1 N–H and O–H groups in total. The van der Waals surface area contributed by atoms with E-state index in [1.807, 2.05) is 43.2 Å². The summed E-state index contributed by atoms with van der Waals surface area (Å²) in [7, 11) is 1.86. The smallest absolute Gasteiger partial charge is 0.193 e. The molecule has 2 aromatic heterocycles. The van der Waals surface area contributed by atoms with Crippen molar-refractivity contribution in [3.05, 3.63) is 36.3 Å². The molecule has 3 rings (SSSR count). The van der Waals surface area contributed by atoms with Gasteiger partial charge in [-0.3, -0.25) is 4.99 Å². The Morgan fingerprint density at radius 1 is 1.42 bits per heavy atom. The van der Waals surface area contributed by atoms with Crippen LogP contribution in [0.2, 0.25) is 0 Å². The highest BCUT2D eigenvalue weighted by Crippen LogP contribution is 2.29. The SMILES string of the molecule is CN=C(NCCc1cn2ccccc2n1)N1CCSC(C)(C)C1.I. The van der Waals surface area contributed by atoms with Gasteiger partial charge in [0.2, 0.25) is 0 Å². The van der Waals surface area contributed by atoms with Crippen molar-refractivity contribution in [2.75, 3.05) is 32.4 Å². The third-order valence-electron chi connectivity index (χ3n) is 4.02. The average Bonchev–Trinajstić information content (AvgIpc) is 2.93. The second-order valence-corrected chi connectivity index (χ2v) is 8.25. The highest BCUT2D eigenvalue weighted by molar-refractivity contribution is 14.0. The number of imidazole rings is 1. The van der Waals surface area contributed by atoms with Gasteiger partial charge in [0.05, 0.1) is 5.69 Å². The molecule has 132 valence electrons. The zero-order valence-electron chi connectivity index (χ0n) is 14.5. The fourth-order valence-electron chi connectivity index (χ4n) is 2.94. The Hall–Kier alpha value is -0.960. The van der Waals surface area contributed by atoms with Crippen LogP contribution in [0.25, 0.3) is 5.65 Å². The van der Waals surface area contributed by atoms with E-state index >= 15 is 0 Å². The van der Waals surface area contributed by atoms with Crippen molar-refractivity contribution in [1.82, 2.24) is 19.6 Å². The molecule has 0 spiro atoms. The summed E-state index contributed by atoms with van der Waals surface area (Å²) in [5, 5.41) is 3.49. The third kappa shape index (κ3) is 4.78. The number of guanidine groups is 1. The molecule has 0 unspecified atom stereocenters. The van der Waals surface area contributed by atoms with Gasteiger partial charge in [0.25, 0.3) is 0 Å². The largest absolute Gasteiger partial charge is 0.356 e. The predicted octanol–water partition coefficient (Wildman–Crippen LogP) is 2.90. The standard InChI is InChI=1S/C17H25N5S.HI/c1-17(2)13-22(10-11-23-17)16(18-3)19-8-7-14-12-21-9-5-4-6-15(21)20-14;/h4-6,9,12H,7-8,10-11,13H2,1-3H3,(H,18,19);1H. The molecule has 1 aliphatic heterocycles. The molecule has 3 heterocycles. The summed E-state index contributed by atoms with van der Waals surface area (Å²) in [5.41, 5.74) is 2.11. The molecular weight excluding hydrogens is 433 g/mol. The average molecular weight is 459 g/mol. The first kappa shape index (κ1) is 19.4. The van der Waals surface area contributed by atoms with E-state index in [-0.39, 0.29) is 28.7 Å². The number of hydrogen-bond donors (Lipinski definition) is 1. The Morgan fingerprint density at radius 3 is 2.96 bits per heavy atom. The van der Waals surface area contributed by atoms with E-state index in [1.54, 1.807) is 0 Å². The zero-order valence-corrected chi connectivity index (χ0v) is 17.7. The van der Waals surface area contributed by atoms with Crippen LogP contribution in [0.1, 0.15) is 19.5 Å². The number of rotatable bonds is 3. The highest BCUT2D eigenvalue weighted by atomic mass is 127. The Morgan fingerprint density at radius 2 is 2.25 bits per heavy atom. The molecular formula is C17H26IN5S. The van der Waals surface area contributed by atoms with Crippen LogP contribution in [-0.4, -0.2) is 57.4 Å². The Balaban J connectivity index is 0.00000208. The lowest BCUT2D eigenvalue weighted by molar-refractivity contribution is 0.376. The molecule has 1 fully saturated rings. The van der Waals surface area contributed by atoms with Crippen LogP contribution in [0.5, 0.6) is 0 Å². The van der Waals surface area contributed by atoms with Crippen LogP contribution >= 0.6 is 35.7 Å². The monoisotopic (exact) mass is 459 g/mol. The van der Waals surface area contributed by atoms with Gasteiger partial charge >= 0.3 is 0 Å². The topological polar surface area (TPSA) is 44.9 Å². The van der Waals surface area contributed by atoms with Gasteiger partial charge < -0.3 is 14.6 Å². The summed E-state index contributed by atoms with van der Waals surface area (Å²) in [5.74, 6) is 2.15. The molecule has 1 aliphatic rings. The summed E-state index contributed by atoms with van der Waals surface area (Å²) in [4.78, 5) is 11.4. The van der Waals surface area contributed by atoms with Crippen molar-refractivity contribution in [3.63, 3.8) is 0 Å². The molecule has 5 nitrogen and oxygen atoms in total. The van der Waals surface area contributed by atoms with Crippen LogP contribution in [0, 0.1) is 0 Å². The van der Waals surface area contributed by atoms with Gasteiger partial charge in [-0.05, 0) is 26.0 Å². The van der Waals surface area contributed by atoms with Crippen LogP contribution in [0.3, 0.4) is 0 Å². The maximum atomic E-state index is 4.64. The summed E-state index contributed by atoms with van der Waals surface area (Å²) in [6.45, 7) is 7.54. The molecule has 0 bridgehead atoms. The highest BCUT2D eigenvalue weighted by Gasteiger charge is 2.28. The third-order valence-corrected chi connectivity index (χ3v) is 5.31. The Labute approximate surface area is 165 Å². The summed E-state index contributed by atoms with van der Waals surface area (Å²) in [6, 6.07) is 6.07. The minimum atomic E-state index is 0. The number of nitrogens with zero attached hydrogens (tertiary/aromatic N) is 4. The first-order valence-corrected chi connectivity index (χ1v) is 9.08. The molecule has 0 atom stereocenters. The fourth-order valence-corrected chi connectivity index (χ4v) is 4.05. The lowest BCUT2D eigenvalue weighted by Gasteiger charge is -2.39. The molecule has 0 amide bonds. The van der Waals surface area contributed by atoms with Gasteiger partial charge in [0.1, 0.15) is 5.65 Å². The Kier molecular flexibility index (Phi) is 6.79. The summed E-state index contributed by atoms with van der Waals surface area (Å²) >= 11 is 2.04. The zero-order chi connectivity index (χ0) is 16.3. The van der Waals surface area contributed by atoms with Gasteiger partial charge in [0, 0.05) is 56.0 Å². The lowest BCUT2D eigenvalue weighted by Crippen LogP contribution is -2.51. The number of thioether (sulfide) groups is 1. The number of nitrogens with one attached hydrogen (secondary N) is 1. The van der Waals surface area contributed by atoms with Crippen molar-refractivity contribution < 1.29 is 0 Å². The fraction of sp³-hybridized carbons (Fsp3) is 0.529. The molecule has 0 radical (unpaired) electrons. The number of aliphatic imine (C=N–C) groups is 1. The molecule has 24 heavy (non-hydrogen) atoms. The van der Waals surface area contributed by atoms with Crippen molar-refractivity contribution in [2.24, 2.45) is 4.99 Å². The van der Waals surface area contributed by atoms with Crippen LogP contribution in [0.4, 0.5) is 0 Å². The molecule has 7 heteroatoms. The first-order chi connectivity index (χ1) is 11.1. The first-order valence-electron chi connectivity index (χ1n) is 8.09. The maximum absolute atomic E-state index is 4.64. The molecule has 0 aromatic carbocycles. The van der Waals surface area contributed by atoms with Gasteiger partial charge in [-0.25, -0.2) is 4.98 Å². The van der Waals surface area contributed by atoms with Gasteiger partial charge in [0.15, 0.2) is 5.96 Å². The van der Waals surface area contributed by atoms with E-state index in [9.17, 15) is 0 Å². The van der Waals surface area contributed by atoms with E-state index in [0.29, 0.717) is 0 Å². The number of halogens is 1. The predicted molar refractivity (Wildman–Crippen MR) is 114 cm³/mol. The van der Waals surface area contributed by atoms with E-state index in [1.165, 1.54) is 0 Å². The number of aromatic nitrogens is 2. The van der Waals surface area contributed by atoms with Crippen LogP contribution in [0.15, 0.2) is 35.6 Å². The number of hydrogen-bond acceptors (Lipinski definition) is 3. The Bertz CT molecular complexity index is 664. The maximum Gasteiger partial charge on any atom is 0.193 e. The number of pyridine rings is 1. The van der Waals surface area contributed by atoms with Gasteiger partial charge in [-0.15, -0.1) is 24.0 Å². The molecule has 1 saturated heterocycles. The van der Waals surface area contributed by atoms with Crippen molar-refractivity contribution in [1.29, 1.82) is 0 Å². The normalized spacial score (nSPS) is 17.6. The molecule has 0 saturated carbocycles. The van der Waals surface area contributed by atoms with Crippen molar-refractivity contribution in [3.8, 4) is 0 Å². The van der Waals surface area contributed by atoms with Crippen LogP contribution in [-0.2, 0) is 6.42 Å². The van der Waals surface area contributed by atoms with Crippen LogP contribution < -0.4 is 5.32 Å². The van der Waals surface area contributed by atoms with E-state index in [2.05, 4.69) is 44.6 Å². The van der Waals surface area contributed by atoms with Gasteiger partial charge in [-0.2, -0.15) is 11.8 Å². The second-order valence-electron chi connectivity index (χ2n) is 6.45. The van der Waals surface area contributed by atoms with E-state index in [4.69, 9.17) is 0 Å². The number of fused-ring (bicyclic) bond motifs is 1. The van der Waals surface area contributed by atoms with Crippen molar-refractivity contribution >= 4 is 47.3 Å². The van der Waals surface area contributed by atoms with E-state index in [0.717, 1.165) is 49.1 Å². The molecule has 0 aliphatic carbocycles. The summed E-state index contributed by atoms with van der Waals surface area (Å²) in [6.07, 6.45) is 5.03. The van der Waals surface area contributed by atoms with Crippen molar-refractivity contribution in [2.45, 2.75) is 25.0 Å². The van der Waals surface area contributed by atoms with E-state index < -0.39 is 0 Å².